The molecule has 10 heteroatoms. The van der Waals surface area contributed by atoms with Gasteiger partial charge in [0.25, 0.3) is 5.91 Å². The number of sulfonamides is 1. The quantitative estimate of drug-likeness (QED) is 0.271. The molecule has 1 atom stereocenters. The molecule has 31 heavy (non-hydrogen) atoms. The van der Waals surface area contributed by atoms with Crippen molar-refractivity contribution in [2.75, 3.05) is 11.4 Å². The maximum atomic E-state index is 13.2. The highest BCUT2D eigenvalue weighted by molar-refractivity contribution is 7.89. The summed E-state index contributed by atoms with van der Waals surface area (Å²) in [6.45, 7) is 4.66. The Hall–Kier alpha value is -3.01. The summed E-state index contributed by atoms with van der Waals surface area (Å²) >= 11 is 5.84. The average Bonchev–Trinajstić information content (AvgIpc) is 3.00. The number of carbonyl (C=O) groups excluding carboxylic acids is 3. The molecule has 1 heterocycles. The third kappa shape index (κ3) is 4.68. The van der Waals surface area contributed by atoms with Crippen molar-refractivity contribution in [2.24, 2.45) is 0 Å². The number of carbonyl (C=O) groups is 3. The first kappa shape index (κ1) is 22.7. The second-order valence-electron chi connectivity index (χ2n) is 6.69. The van der Waals surface area contributed by atoms with Crippen molar-refractivity contribution in [3.05, 3.63) is 66.2 Å². The van der Waals surface area contributed by atoms with Gasteiger partial charge in [0.05, 0.1) is 17.0 Å². The monoisotopic (exact) mass is 462 g/mol. The van der Waals surface area contributed by atoms with Gasteiger partial charge in [0.15, 0.2) is 0 Å². The smallest absolute Gasteiger partial charge is 0.308 e. The maximum absolute atomic E-state index is 13.2. The molecule has 2 aromatic carbocycles. The second kappa shape index (κ2) is 9.01. The first-order valence-corrected chi connectivity index (χ1v) is 11.0. The van der Waals surface area contributed by atoms with Crippen molar-refractivity contribution >= 4 is 45.1 Å². The Morgan fingerprint density at radius 2 is 1.81 bits per heavy atom. The summed E-state index contributed by atoms with van der Waals surface area (Å²) in [4.78, 5) is 37.6. The largest absolute Gasteiger partial charge is 0.427 e. The van der Waals surface area contributed by atoms with Gasteiger partial charge in [0.1, 0.15) is 11.8 Å². The molecule has 0 bridgehead atoms. The normalized spacial score (nSPS) is 16.6. The zero-order chi connectivity index (χ0) is 22.8. The molecule has 1 aliphatic heterocycles. The number of rotatable bonds is 7. The number of amides is 2. The van der Waals surface area contributed by atoms with E-state index in [4.69, 9.17) is 16.3 Å². The molecule has 2 amide bonds. The molecular weight excluding hydrogens is 444 g/mol. The Balaban J connectivity index is 1.91. The van der Waals surface area contributed by atoms with E-state index in [-0.39, 0.29) is 29.3 Å². The lowest BCUT2D eigenvalue weighted by atomic mass is 10.2. The zero-order valence-corrected chi connectivity index (χ0v) is 18.1. The summed E-state index contributed by atoms with van der Waals surface area (Å²) in [5.41, 5.74) is 0.246. The van der Waals surface area contributed by atoms with Crippen LogP contribution in [0.25, 0.3) is 0 Å². The molecule has 1 fully saturated rings. The third-order valence-corrected chi connectivity index (χ3v) is 6.70. The Morgan fingerprint density at radius 3 is 2.35 bits per heavy atom. The van der Waals surface area contributed by atoms with Gasteiger partial charge in [-0.15, -0.1) is 6.58 Å². The molecule has 3 rings (SSSR count). The molecule has 0 spiro atoms. The van der Waals surface area contributed by atoms with E-state index in [0.717, 1.165) is 9.21 Å². The van der Waals surface area contributed by atoms with Crippen LogP contribution in [0.5, 0.6) is 5.75 Å². The molecular formula is C21H19ClN2O6S. The van der Waals surface area contributed by atoms with Crippen LogP contribution in [-0.2, 0) is 24.4 Å². The van der Waals surface area contributed by atoms with E-state index < -0.39 is 33.8 Å². The van der Waals surface area contributed by atoms with Gasteiger partial charge < -0.3 is 4.74 Å². The highest BCUT2D eigenvalue weighted by Crippen LogP contribution is 2.30. The molecule has 0 aromatic heterocycles. The van der Waals surface area contributed by atoms with Crippen molar-refractivity contribution in [3.63, 3.8) is 0 Å². The fourth-order valence-electron chi connectivity index (χ4n) is 3.20. The van der Waals surface area contributed by atoms with Crippen molar-refractivity contribution in [2.45, 2.75) is 24.3 Å². The maximum Gasteiger partial charge on any atom is 0.308 e. The molecule has 0 radical (unpaired) electrons. The number of benzene rings is 2. The summed E-state index contributed by atoms with van der Waals surface area (Å²) in [5, 5.41) is 0.365. The number of hydrogen-bond acceptors (Lipinski definition) is 6. The highest BCUT2D eigenvalue weighted by atomic mass is 35.5. The molecule has 162 valence electrons. The lowest BCUT2D eigenvalue weighted by molar-refractivity contribution is -0.132. The third-order valence-electron chi connectivity index (χ3n) is 4.56. The van der Waals surface area contributed by atoms with Gasteiger partial charge >= 0.3 is 5.97 Å². The van der Waals surface area contributed by atoms with E-state index in [1.807, 2.05) is 0 Å². The SMILES string of the molecule is C=CCN(C1CC(=O)N(c2ccc(OC(C)=O)cc2)C1=O)S(=O)(=O)c1ccc(Cl)cc1. The number of imide groups is 1. The summed E-state index contributed by atoms with van der Waals surface area (Å²) in [6.07, 6.45) is 1.03. The van der Waals surface area contributed by atoms with Crippen LogP contribution in [0.3, 0.4) is 0 Å². The van der Waals surface area contributed by atoms with Gasteiger partial charge in [-0.3, -0.25) is 14.4 Å². The Labute approximate surface area is 184 Å². The Bertz CT molecular complexity index is 1130. The number of hydrogen-bond donors (Lipinski definition) is 0. The van der Waals surface area contributed by atoms with Crippen LogP contribution in [0.4, 0.5) is 5.69 Å². The van der Waals surface area contributed by atoms with Crippen LogP contribution in [0, 0.1) is 0 Å². The van der Waals surface area contributed by atoms with E-state index in [9.17, 15) is 22.8 Å². The predicted octanol–water partition coefficient (Wildman–Crippen LogP) is 2.77. The summed E-state index contributed by atoms with van der Waals surface area (Å²) in [6, 6.07) is 10.1. The van der Waals surface area contributed by atoms with E-state index in [1.54, 1.807) is 0 Å². The lowest BCUT2D eigenvalue weighted by Gasteiger charge is -2.25. The fraction of sp³-hybridized carbons (Fsp3) is 0.190. The van der Waals surface area contributed by atoms with E-state index in [1.165, 1.54) is 61.5 Å². The Kier molecular flexibility index (Phi) is 6.59. The van der Waals surface area contributed by atoms with Crippen LogP contribution in [0.1, 0.15) is 13.3 Å². The summed E-state index contributed by atoms with van der Waals surface area (Å²) in [5.74, 6) is -1.47. The van der Waals surface area contributed by atoms with Crippen molar-refractivity contribution in [3.8, 4) is 5.75 Å². The molecule has 1 saturated heterocycles. The molecule has 8 nitrogen and oxygen atoms in total. The topological polar surface area (TPSA) is 101 Å². The predicted molar refractivity (Wildman–Crippen MR) is 114 cm³/mol. The zero-order valence-electron chi connectivity index (χ0n) is 16.5. The summed E-state index contributed by atoms with van der Waals surface area (Å²) < 4.78 is 32.2. The van der Waals surface area contributed by atoms with Gasteiger partial charge in [-0.25, -0.2) is 13.3 Å². The van der Waals surface area contributed by atoms with Crippen molar-refractivity contribution < 1.29 is 27.5 Å². The minimum Gasteiger partial charge on any atom is -0.427 e. The molecule has 2 aromatic rings. The van der Waals surface area contributed by atoms with Crippen LogP contribution in [0.2, 0.25) is 5.02 Å². The first-order valence-electron chi connectivity index (χ1n) is 9.18. The van der Waals surface area contributed by atoms with Gasteiger partial charge in [0.2, 0.25) is 15.9 Å². The van der Waals surface area contributed by atoms with Crippen molar-refractivity contribution in [1.29, 1.82) is 0 Å². The molecule has 0 N–H and O–H groups in total. The minimum atomic E-state index is -4.10. The fourth-order valence-corrected chi connectivity index (χ4v) is 4.88. The minimum absolute atomic E-state index is 0.0526. The second-order valence-corrected chi connectivity index (χ2v) is 9.02. The van der Waals surface area contributed by atoms with E-state index in [0.29, 0.717) is 5.02 Å². The van der Waals surface area contributed by atoms with Crippen molar-refractivity contribution in [1.82, 2.24) is 4.31 Å². The average molecular weight is 463 g/mol. The van der Waals surface area contributed by atoms with Gasteiger partial charge in [-0.05, 0) is 48.5 Å². The van der Waals surface area contributed by atoms with Crippen LogP contribution >= 0.6 is 11.6 Å². The van der Waals surface area contributed by atoms with Crippen LogP contribution in [-0.4, -0.2) is 43.1 Å². The standard InChI is InChI=1S/C21H19ClN2O6S/c1-3-12-23(31(28,29)18-10-4-15(22)5-11-18)19-13-20(26)24(21(19)27)16-6-8-17(9-7-16)30-14(2)25/h3-11,19H,1,12-13H2,2H3. The number of nitrogens with zero attached hydrogens (tertiary/aromatic N) is 2. The van der Waals surface area contributed by atoms with Gasteiger partial charge in [0, 0.05) is 18.5 Å². The summed E-state index contributed by atoms with van der Waals surface area (Å²) in [7, 11) is -4.10. The van der Waals surface area contributed by atoms with Gasteiger partial charge in [-0.2, -0.15) is 4.31 Å². The number of anilines is 1. The highest BCUT2D eigenvalue weighted by Gasteiger charge is 2.46. The molecule has 1 unspecified atom stereocenters. The van der Waals surface area contributed by atoms with E-state index in [2.05, 4.69) is 6.58 Å². The Morgan fingerprint density at radius 1 is 1.19 bits per heavy atom. The molecule has 0 saturated carbocycles. The number of halogens is 1. The van der Waals surface area contributed by atoms with Crippen LogP contribution < -0.4 is 9.64 Å². The molecule has 0 aliphatic carbocycles. The first-order chi connectivity index (χ1) is 14.6. The van der Waals surface area contributed by atoms with E-state index >= 15 is 0 Å². The number of esters is 1. The van der Waals surface area contributed by atoms with Crippen LogP contribution in [0.15, 0.2) is 66.1 Å². The lowest BCUT2D eigenvalue weighted by Crippen LogP contribution is -2.45. The number of ether oxygens (including phenoxy) is 1. The molecule has 1 aliphatic rings. The van der Waals surface area contributed by atoms with Gasteiger partial charge in [-0.1, -0.05) is 17.7 Å².